The zero-order chi connectivity index (χ0) is 18.0. The second-order valence-electron chi connectivity index (χ2n) is 6.33. The fourth-order valence-corrected chi connectivity index (χ4v) is 2.50. The van der Waals surface area contributed by atoms with Crippen LogP contribution in [0.15, 0.2) is 46.9 Å². The van der Waals surface area contributed by atoms with Crippen molar-refractivity contribution >= 4 is 5.91 Å². The number of nitrogens with zero attached hydrogens (tertiary/aromatic N) is 3. The first-order chi connectivity index (χ1) is 11.9. The number of carbonyl (C=O) groups is 1. The maximum Gasteiger partial charge on any atom is 0.254 e. The number of carbonyl (C=O) groups excluding carboxylic acids is 1. The van der Waals surface area contributed by atoms with Crippen molar-refractivity contribution in [2.45, 2.75) is 27.3 Å². The molecule has 0 spiro atoms. The molecule has 0 aliphatic heterocycles. The summed E-state index contributed by atoms with van der Waals surface area (Å²) in [5.74, 6) is 0.801. The number of aryl methyl sites for hydroxylation is 3. The first-order valence-electron chi connectivity index (χ1n) is 8.16. The molecule has 0 radical (unpaired) electrons. The smallest absolute Gasteiger partial charge is 0.254 e. The van der Waals surface area contributed by atoms with Crippen LogP contribution in [0.4, 0.5) is 0 Å². The van der Waals surface area contributed by atoms with E-state index in [1.165, 1.54) is 11.1 Å². The van der Waals surface area contributed by atoms with E-state index in [0.29, 0.717) is 17.3 Å². The first kappa shape index (κ1) is 16.9. The molecule has 0 fully saturated rings. The van der Waals surface area contributed by atoms with Crippen molar-refractivity contribution in [3.63, 3.8) is 0 Å². The van der Waals surface area contributed by atoms with E-state index in [0.717, 1.165) is 11.1 Å². The second-order valence-corrected chi connectivity index (χ2v) is 6.33. The van der Waals surface area contributed by atoms with Gasteiger partial charge in [-0.1, -0.05) is 23.8 Å². The summed E-state index contributed by atoms with van der Waals surface area (Å²) in [6.07, 6.45) is 0. The van der Waals surface area contributed by atoms with Gasteiger partial charge in [0, 0.05) is 18.2 Å². The molecule has 1 heterocycles. The lowest BCUT2D eigenvalue weighted by atomic mass is 10.1. The summed E-state index contributed by atoms with van der Waals surface area (Å²) in [5, 5.41) is 8.12. The Hall–Kier alpha value is -2.95. The Morgan fingerprint density at radius 1 is 1.00 bits per heavy atom. The summed E-state index contributed by atoms with van der Waals surface area (Å²) in [6.45, 7) is 6.32. The van der Waals surface area contributed by atoms with Gasteiger partial charge in [-0.15, -0.1) is 10.2 Å². The largest absolute Gasteiger partial charge is 0.419 e. The number of rotatable bonds is 4. The van der Waals surface area contributed by atoms with Crippen molar-refractivity contribution in [2.24, 2.45) is 0 Å². The maximum atomic E-state index is 12.6. The molecule has 3 rings (SSSR count). The van der Waals surface area contributed by atoms with Crippen LogP contribution in [0.3, 0.4) is 0 Å². The van der Waals surface area contributed by atoms with E-state index in [-0.39, 0.29) is 12.5 Å². The van der Waals surface area contributed by atoms with Gasteiger partial charge in [0.05, 0.1) is 6.54 Å². The van der Waals surface area contributed by atoms with Gasteiger partial charge in [0.15, 0.2) is 0 Å². The Labute approximate surface area is 147 Å². The van der Waals surface area contributed by atoms with Crippen LogP contribution < -0.4 is 0 Å². The average molecular weight is 335 g/mol. The molecule has 0 atom stereocenters. The summed E-state index contributed by atoms with van der Waals surface area (Å²) < 4.78 is 5.69. The molecule has 0 aliphatic rings. The molecular weight excluding hydrogens is 314 g/mol. The van der Waals surface area contributed by atoms with Crippen LogP contribution in [0.2, 0.25) is 0 Å². The molecule has 1 aromatic heterocycles. The Bertz CT molecular complexity index is 898. The molecule has 0 unspecified atom stereocenters. The highest BCUT2D eigenvalue weighted by molar-refractivity contribution is 5.94. The van der Waals surface area contributed by atoms with Crippen LogP contribution in [-0.4, -0.2) is 28.1 Å². The first-order valence-corrected chi connectivity index (χ1v) is 8.16. The Kier molecular flexibility index (Phi) is 4.65. The predicted molar refractivity (Wildman–Crippen MR) is 96.2 cm³/mol. The Morgan fingerprint density at radius 2 is 1.72 bits per heavy atom. The molecule has 0 aliphatic carbocycles. The molecule has 0 saturated heterocycles. The highest BCUT2D eigenvalue weighted by Crippen LogP contribution is 2.19. The minimum atomic E-state index is -0.0711. The monoisotopic (exact) mass is 335 g/mol. The third kappa shape index (κ3) is 3.76. The number of aromatic nitrogens is 2. The van der Waals surface area contributed by atoms with Gasteiger partial charge in [0.25, 0.3) is 5.91 Å². The maximum absolute atomic E-state index is 12.6. The number of hydrogen-bond donors (Lipinski definition) is 0. The molecule has 2 aromatic carbocycles. The van der Waals surface area contributed by atoms with E-state index in [9.17, 15) is 4.79 Å². The van der Waals surface area contributed by atoms with Gasteiger partial charge in [-0.3, -0.25) is 4.79 Å². The number of amides is 1. The molecular formula is C20H21N3O2. The van der Waals surface area contributed by atoms with Gasteiger partial charge in [-0.05, 0) is 56.2 Å². The van der Waals surface area contributed by atoms with Crippen molar-refractivity contribution in [1.29, 1.82) is 0 Å². The summed E-state index contributed by atoms with van der Waals surface area (Å²) >= 11 is 0. The van der Waals surface area contributed by atoms with Crippen LogP contribution in [0.1, 0.15) is 32.9 Å². The third-order valence-corrected chi connectivity index (χ3v) is 4.24. The minimum Gasteiger partial charge on any atom is -0.419 e. The predicted octanol–water partition coefficient (Wildman–Crippen LogP) is 3.93. The Balaban J connectivity index is 1.72. The van der Waals surface area contributed by atoms with E-state index < -0.39 is 0 Å². The second kappa shape index (κ2) is 6.89. The summed E-state index contributed by atoms with van der Waals surface area (Å²) in [6, 6.07) is 13.6. The highest BCUT2D eigenvalue weighted by atomic mass is 16.4. The molecule has 128 valence electrons. The lowest BCUT2D eigenvalue weighted by Gasteiger charge is -2.15. The van der Waals surface area contributed by atoms with Gasteiger partial charge >= 0.3 is 0 Å². The number of hydrogen-bond acceptors (Lipinski definition) is 4. The SMILES string of the molecule is Cc1ccc(-c2nnc(CN(C)C(=O)c3ccc(C)c(C)c3)o2)cc1. The van der Waals surface area contributed by atoms with E-state index in [1.807, 2.05) is 63.2 Å². The lowest BCUT2D eigenvalue weighted by molar-refractivity contribution is 0.0773. The standard InChI is InChI=1S/C20H21N3O2/c1-13-5-8-16(9-6-13)19-22-21-18(25-19)12-23(4)20(24)17-10-7-14(2)15(3)11-17/h5-11H,12H2,1-4H3. The van der Waals surface area contributed by atoms with E-state index >= 15 is 0 Å². The Morgan fingerprint density at radius 3 is 2.40 bits per heavy atom. The van der Waals surface area contributed by atoms with Crippen molar-refractivity contribution in [2.75, 3.05) is 7.05 Å². The fourth-order valence-electron chi connectivity index (χ4n) is 2.50. The van der Waals surface area contributed by atoms with Gasteiger partial charge < -0.3 is 9.32 Å². The zero-order valence-electron chi connectivity index (χ0n) is 14.9. The minimum absolute atomic E-state index is 0.0711. The molecule has 0 saturated carbocycles. The molecule has 5 heteroatoms. The van der Waals surface area contributed by atoms with Gasteiger partial charge in [0.1, 0.15) is 0 Å². The molecule has 25 heavy (non-hydrogen) atoms. The summed E-state index contributed by atoms with van der Waals surface area (Å²) in [5.41, 5.74) is 4.95. The van der Waals surface area contributed by atoms with E-state index in [2.05, 4.69) is 10.2 Å². The van der Waals surface area contributed by atoms with Crippen LogP contribution >= 0.6 is 0 Å². The van der Waals surface area contributed by atoms with Crippen molar-refractivity contribution in [1.82, 2.24) is 15.1 Å². The van der Waals surface area contributed by atoms with Crippen molar-refractivity contribution in [3.8, 4) is 11.5 Å². The van der Waals surface area contributed by atoms with Crippen LogP contribution in [0.25, 0.3) is 11.5 Å². The summed E-state index contributed by atoms with van der Waals surface area (Å²) in [4.78, 5) is 14.1. The van der Waals surface area contributed by atoms with Gasteiger partial charge in [-0.25, -0.2) is 0 Å². The van der Waals surface area contributed by atoms with Crippen molar-refractivity contribution in [3.05, 3.63) is 70.6 Å². The number of benzene rings is 2. The quantitative estimate of drug-likeness (QED) is 0.725. The topological polar surface area (TPSA) is 59.2 Å². The molecule has 3 aromatic rings. The molecule has 5 nitrogen and oxygen atoms in total. The zero-order valence-corrected chi connectivity index (χ0v) is 14.9. The normalized spacial score (nSPS) is 10.7. The van der Waals surface area contributed by atoms with E-state index in [4.69, 9.17) is 4.42 Å². The van der Waals surface area contributed by atoms with Crippen LogP contribution in [-0.2, 0) is 6.54 Å². The highest BCUT2D eigenvalue weighted by Gasteiger charge is 2.16. The van der Waals surface area contributed by atoms with Crippen molar-refractivity contribution < 1.29 is 9.21 Å². The van der Waals surface area contributed by atoms with Crippen LogP contribution in [0, 0.1) is 20.8 Å². The van der Waals surface area contributed by atoms with Crippen LogP contribution in [0.5, 0.6) is 0 Å². The molecule has 0 bridgehead atoms. The third-order valence-electron chi connectivity index (χ3n) is 4.24. The molecule has 1 amide bonds. The average Bonchev–Trinajstić information content (AvgIpc) is 3.05. The fraction of sp³-hybridized carbons (Fsp3) is 0.250. The summed E-state index contributed by atoms with van der Waals surface area (Å²) in [7, 11) is 1.73. The van der Waals surface area contributed by atoms with Gasteiger partial charge in [0.2, 0.25) is 11.8 Å². The van der Waals surface area contributed by atoms with Gasteiger partial charge in [-0.2, -0.15) is 0 Å². The molecule has 0 N–H and O–H groups in total. The lowest BCUT2D eigenvalue weighted by Crippen LogP contribution is -2.26. The van der Waals surface area contributed by atoms with E-state index in [1.54, 1.807) is 11.9 Å².